The normalized spacial score (nSPS) is 12.0. The van der Waals surface area contributed by atoms with Gasteiger partial charge in [0, 0.05) is 30.5 Å². The maximum absolute atomic E-state index is 5.37. The Morgan fingerprint density at radius 1 is 1.26 bits per heavy atom. The van der Waals surface area contributed by atoms with Crippen molar-refractivity contribution in [1.29, 1.82) is 0 Å². The number of hydrogen-bond donors (Lipinski definition) is 2. The molecule has 0 saturated heterocycles. The van der Waals surface area contributed by atoms with Crippen LogP contribution in [-0.4, -0.2) is 14.9 Å². The molecule has 0 radical (unpaired) electrons. The Morgan fingerprint density at radius 2 is 1.96 bits per heavy atom. The van der Waals surface area contributed by atoms with Crippen molar-refractivity contribution in [2.45, 2.75) is 53.1 Å². The van der Waals surface area contributed by atoms with Gasteiger partial charge in [-0.25, -0.2) is 0 Å². The lowest BCUT2D eigenvalue weighted by Crippen LogP contribution is -2.28. The zero-order valence-corrected chi connectivity index (χ0v) is 15.2. The molecule has 0 spiro atoms. The average molecular weight is 331 g/mol. The van der Waals surface area contributed by atoms with E-state index >= 15 is 0 Å². The number of benzene rings is 1. The standard InChI is InChI=1S/C18H26N4S/c1-5-13(3)15-7-9-17(10-8-15)20-18(23)19-11-16-12-22(6-2)21-14(16)4/h7-10,12-13H,5-6,11H2,1-4H3,(H2,19,20,23). The van der Waals surface area contributed by atoms with Crippen LogP contribution < -0.4 is 10.6 Å². The van der Waals surface area contributed by atoms with E-state index in [1.54, 1.807) is 0 Å². The van der Waals surface area contributed by atoms with Crippen molar-refractivity contribution in [3.8, 4) is 0 Å². The van der Waals surface area contributed by atoms with Gasteiger partial charge in [0.1, 0.15) is 0 Å². The number of hydrogen-bond acceptors (Lipinski definition) is 2. The van der Waals surface area contributed by atoms with E-state index in [9.17, 15) is 0 Å². The lowest BCUT2D eigenvalue weighted by atomic mass is 9.99. The van der Waals surface area contributed by atoms with Crippen LogP contribution in [0.5, 0.6) is 0 Å². The van der Waals surface area contributed by atoms with E-state index in [0.717, 1.165) is 24.3 Å². The van der Waals surface area contributed by atoms with Crippen molar-refractivity contribution < 1.29 is 0 Å². The van der Waals surface area contributed by atoms with Gasteiger partial charge in [0.15, 0.2) is 5.11 Å². The summed E-state index contributed by atoms with van der Waals surface area (Å²) in [4.78, 5) is 0. The van der Waals surface area contributed by atoms with Gasteiger partial charge in [-0.1, -0.05) is 26.0 Å². The van der Waals surface area contributed by atoms with Crippen LogP contribution in [0.3, 0.4) is 0 Å². The van der Waals surface area contributed by atoms with Crippen molar-refractivity contribution in [2.75, 3.05) is 5.32 Å². The third kappa shape index (κ3) is 4.79. The Kier molecular flexibility index (Phi) is 6.16. The van der Waals surface area contributed by atoms with Gasteiger partial charge < -0.3 is 10.6 Å². The topological polar surface area (TPSA) is 41.9 Å². The molecular weight excluding hydrogens is 304 g/mol. The second-order valence-electron chi connectivity index (χ2n) is 5.83. The zero-order chi connectivity index (χ0) is 16.8. The van der Waals surface area contributed by atoms with Crippen molar-refractivity contribution in [1.82, 2.24) is 15.1 Å². The molecule has 1 heterocycles. The second-order valence-corrected chi connectivity index (χ2v) is 6.24. The van der Waals surface area contributed by atoms with Crippen molar-refractivity contribution in [3.05, 3.63) is 47.3 Å². The van der Waals surface area contributed by atoms with Crippen LogP contribution in [0.2, 0.25) is 0 Å². The molecule has 1 aromatic carbocycles. The summed E-state index contributed by atoms with van der Waals surface area (Å²) in [5.74, 6) is 0.590. The van der Waals surface area contributed by atoms with Gasteiger partial charge in [-0.05, 0) is 56.1 Å². The van der Waals surface area contributed by atoms with Crippen LogP contribution in [0.25, 0.3) is 0 Å². The quantitative estimate of drug-likeness (QED) is 0.779. The molecule has 2 N–H and O–H groups in total. The second kappa shape index (κ2) is 8.11. The van der Waals surface area contributed by atoms with Gasteiger partial charge in [0.25, 0.3) is 0 Å². The number of aryl methyl sites for hydroxylation is 2. The van der Waals surface area contributed by atoms with Crippen molar-refractivity contribution >= 4 is 23.0 Å². The lowest BCUT2D eigenvalue weighted by Gasteiger charge is -2.12. The minimum absolute atomic E-state index is 0.590. The molecular formula is C18H26N4S. The molecule has 2 aromatic rings. The van der Waals surface area contributed by atoms with Gasteiger partial charge in [-0.15, -0.1) is 0 Å². The van der Waals surface area contributed by atoms with Gasteiger partial charge in [0.2, 0.25) is 0 Å². The fourth-order valence-electron chi connectivity index (χ4n) is 2.38. The number of aromatic nitrogens is 2. The highest BCUT2D eigenvalue weighted by Crippen LogP contribution is 2.20. The monoisotopic (exact) mass is 330 g/mol. The van der Waals surface area contributed by atoms with Crippen molar-refractivity contribution in [2.24, 2.45) is 0 Å². The van der Waals surface area contributed by atoms with Crippen LogP contribution in [0.4, 0.5) is 5.69 Å². The molecule has 2 rings (SSSR count). The number of nitrogens with zero attached hydrogens (tertiary/aromatic N) is 2. The zero-order valence-electron chi connectivity index (χ0n) is 14.4. The predicted octanol–water partition coefficient (Wildman–Crippen LogP) is 4.21. The van der Waals surface area contributed by atoms with Gasteiger partial charge in [0.05, 0.1) is 5.69 Å². The fourth-order valence-corrected chi connectivity index (χ4v) is 2.57. The van der Waals surface area contributed by atoms with Gasteiger partial charge >= 0.3 is 0 Å². The molecule has 0 aliphatic heterocycles. The predicted molar refractivity (Wildman–Crippen MR) is 101 cm³/mol. The molecule has 1 aromatic heterocycles. The number of nitrogens with one attached hydrogen (secondary N) is 2. The maximum Gasteiger partial charge on any atom is 0.171 e. The summed E-state index contributed by atoms with van der Waals surface area (Å²) in [5.41, 5.74) is 4.58. The largest absolute Gasteiger partial charge is 0.358 e. The number of rotatable bonds is 6. The van der Waals surface area contributed by atoms with Gasteiger partial charge in [-0.3, -0.25) is 4.68 Å². The summed E-state index contributed by atoms with van der Waals surface area (Å²) in [7, 11) is 0. The minimum atomic E-state index is 0.590. The molecule has 0 amide bonds. The highest BCUT2D eigenvalue weighted by atomic mass is 32.1. The molecule has 0 aliphatic rings. The molecule has 0 fully saturated rings. The summed E-state index contributed by atoms with van der Waals surface area (Å²) < 4.78 is 1.94. The van der Waals surface area contributed by atoms with Crippen LogP contribution >= 0.6 is 12.2 Å². The Balaban J connectivity index is 1.88. The first-order valence-corrected chi connectivity index (χ1v) is 8.62. The molecule has 0 bridgehead atoms. The molecule has 23 heavy (non-hydrogen) atoms. The Hall–Kier alpha value is -1.88. The average Bonchev–Trinajstić information content (AvgIpc) is 2.93. The SMILES string of the molecule is CCC(C)c1ccc(NC(=S)NCc2cn(CC)nc2C)cc1. The highest BCUT2D eigenvalue weighted by Gasteiger charge is 2.06. The molecule has 4 nitrogen and oxygen atoms in total. The van der Waals surface area contributed by atoms with E-state index in [2.05, 4.69) is 67.0 Å². The van der Waals surface area contributed by atoms with Crippen LogP contribution in [0.15, 0.2) is 30.5 Å². The van der Waals surface area contributed by atoms with E-state index in [1.165, 1.54) is 11.1 Å². The van der Waals surface area contributed by atoms with Crippen molar-refractivity contribution in [3.63, 3.8) is 0 Å². The molecule has 5 heteroatoms. The van der Waals surface area contributed by atoms with Crippen LogP contribution in [-0.2, 0) is 13.1 Å². The first-order chi connectivity index (χ1) is 11.0. The first-order valence-electron chi connectivity index (χ1n) is 8.21. The fraction of sp³-hybridized carbons (Fsp3) is 0.444. The van der Waals surface area contributed by atoms with Crippen LogP contribution in [0.1, 0.15) is 49.9 Å². The van der Waals surface area contributed by atoms with E-state index in [4.69, 9.17) is 12.2 Å². The van der Waals surface area contributed by atoms with Gasteiger partial charge in [-0.2, -0.15) is 5.10 Å². The molecule has 124 valence electrons. The van der Waals surface area contributed by atoms with Crippen LogP contribution in [0, 0.1) is 6.92 Å². The summed E-state index contributed by atoms with van der Waals surface area (Å²) in [6, 6.07) is 8.48. The minimum Gasteiger partial charge on any atom is -0.358 e. The Morgan fingerprint density at radius 3 is 2.52 bits per heavy atom. The summed E-state index contributed by atoms with van der Waals surface area (Å²) >= 11 is 5.37. The first kappa shape index (κ1) is 17.5. The Labute approximate surface area is 144 Å². The third-order valence-corrected chi connectivity index (χ3v) is 4.41. The summed E-state index contributed by atoms with van der Waals surface area (Å²) in [5, 5.41) is 11.5. The smallest absolute Gasteiger partial charge is 0.171 e. The maximum atomic E-state index is 5.37. The highest BCUT2D eigenvalue weighted by molar-refractivity contribution is 7.80. The molecule has 0 aliphatic carbocycles. The summed E-state index contributed by atoms with van der Waals surface area (Å²) in [6.45, 7) is 10.1. The molecule has 1 atom stereocenters. The van der Waals surface area contributed by atoms with E-state index in [1.807, 2.05) is 11.6 Å². The van der Waals surface area contributed by atoms with E-state index in [-0.39, 0.29) is 0 Å². The summed E-state index contributed by atoms with van der Waals surface area (Å²) in [6.07, 6.45) is 3.21. The molecule has 0 saturated carbocycles. The molecule has 1 unspecified atom stereocenters. The number of anilines is 1. The lowest BCUT2D eigenvalue weighted by molar-refractivity contribution is 0.653. The van der Waals surface area contributed by atoms with E-state index < -0.39 is 0 Å². The third-order valence-electron chi connectivity index (χ3n) is 4.16. The number of thiocarbonyl (C=S) groups is 1. The van der Waals surface area contributed by atoms with E-state index in [0.29, 0.717) is 17.6 Å². The Bertz CT molecular complexity index is 646.